The van der Waals surface area contributed by atoms with Crippen LogP contribution in [0.15, 0.2) is 53.3 Å². The van der Waals surface area contributed by atoms with Gasteiger partial charge < -0.3 is 10.6 Å². The number of carbonyl (C=O) groups excluding carboxylic acids is 1. The number of anilines is 3. The summed E-state index contributed by atoms with van der Waals surface area (Å²) >= 11 is 0. The van der Waals surface area contributed by atoms with Crippen molar-refractivity contribution in [3.05, 3.63) is 81.8 Å². The maximum atomic E-state index is 13.4. The molecule has 1 aromatic heterocycles. The van der Waals surface area contributed by atoms with Crippen molar-refractivity contribution in [1.82, 2.24) is 9.55 Å². The van der Waals surface area contributed by atoms with Gasteiger partial charge in [-0.25, -0.2) is 13.8 Å². The first-order chi connectivity index (χ1) is 13.3. The number of hydrogen-bond acceptors (Lipinski definition) is 4. The summed E-state index contributed by atoms with van der Waals surface area (Å²) in [6.07, 6.45) is 0. The topological polar surface area (TPSA) is 76.0 Å². The normalized spacial score (nSPS) is 10.6. The summed E-state index contributed by atoms with van der Waals surface area (Å²) in [6, 6.07) is 11.0. The van der Waals surface area contributed by atoms with Crippen LogP contribution in [0.1, 0.15) is 11.3 Å². The molecule has 2 N–H and O–H groups in total. The first-order valence-electron chi connectivity index (χ1n) is 8.49. The van der Waals surface area contributed by atoms with Crippen LogP contribution >= 0.6 is 0 Å². The van der Waals surface area contributed by atoms with E-state index in [2.05, 4.69) is 15.6 Å². The van der Waals surface area contributed by atoms with E-state index in [4.69, 9.17) is 0 Å². The third-order valence-electron chi connectivity index (χ3n) is 3.99. The van der Waals surface area contributed by atoms with Crippen molar-refractivity contribution < 1.29 is 13.6 Å². The molecule has 0 aliphatic heterocycles. The highest BCUT2D eigenvalue weighted by Gasteiger charge is 2.13. The van der Waals surface area contributed by atoms with Gasteiger partial charge in [0.25, 0.3) is 5.56 Å². The molecule has 0 unspecified atom stereocenters. The molecule has 0 saturated heterocycles. The van der Waals surface area contributed by atoms with E-state index in [1.165, 1.54) is 36.4 Å². The zero-order valence-electron chi connectivity index (χ0n) is 15.3. The second-order valence-electron chi connectivity index (χ2n) is 6.29. The molecule has 3 aromatic rings. The summed E-state index contributed by atoms with van der Waals surface area (Å²) in [5.74, 6) is -1.36. The highest BCUT2D eigenvalue weighted by atomic mass is 19.1. The molecule has 0 aliphatic carbocycles. The minimum atomic E-state index is -0.524. The molecule has 2 aromatic carbocycles. The maximum absolute atomic E-state index is 13.4. The number of amides is 1. The third-order valence-corrected chi connectivity index (χ3v) is 3.99. The Balaban J connectivity index is 1.87. The van der Waals surface area contributed by atoms with Crippen LogP contribution in [0.3, 0.4) is 0 Å². The van der Waals surface area contributed by atoms with Crippen LogP contribution in [0.2, 0.25) is 0 Å². The molecule has 1 heterocycles. The minimum Gasteiger partial charge on any atom is -0.325 e. The van der Waals surface area contributed by atoms with Gasteiger partial charge in [0.05, 0.1) is 0 Å². The number of nitrogens with one attached hydrogen (secondary N) is 2. The van der Waals surface area contributed by atoms with Crippen LogP contribution in [-0.4, -0.2) is 15.5 Å². The molecular weight excluding hydrogens is 366 g/mol. The predicted molar refractivity (Wildman–Crippen MR) is 103 cm³/mol. The predicted octanol–water partition coefficient (Wildman–Crippen LogP) is 3.52. The van der Waals surface area contributed by atoms with Crippen molar-refractivity contribution in [1.29, 1.82) is 0 Å². The molecule has 0 aliphatic rings. The maximum Gasteiger partial charge on any atom is 0.255 e. The summed E-state index contributed by atoms with van der Waals surface area (Å²) in [4.78, 5) is 29.1. The fourth-order valence-electron chi connectivity index (χ4n) is 2.63. The molecule has 0 bridgehead atoms. The van der Waals surface area contributed by atoms with Crippen LogP contribution in [0.4, 0.5) is 26.1 Å². The smallest absolute Gasteiger partial charge is 0.255 e. The van der Waals surface area contributed by atoms with Crippen molar-refractivity contribution >= 4 is 23.2 Å². The second kappa shape index (κ2) is 7.99. The molecule has 3 rings (SSSR count). The molecule has 1 amide bonds. The molecule has 0 saturated carbocycles. The van der Waals surface area contributed by atoms with Gasteiger partial charge in [-0.05, 0) is 49.7 Å². The van der Waals surface area contributed by atoms with Gasteiger partial charge in [-0.1, -0.05) is 12.1 Å². The lowest BCUT2D eigenvalue weighted by Gasteiger charge is -2.15. The van der Waals surface area contributed by atoms with Gasteiger partial charge in [-0.2, -0.15) is 0 Å². The van der Waals surface area contributed by atoms with Crippen molar-refractivity contribution in [2.45, 2.75) is 20.4 Å². The first-order valence-corrected chi connectivity index (χ1v) is 8.49. The molecule has 0 radical (unpaired) electrons. The van der Waals surface area contributed by atoms with Crippen molar-refractivity contribution in [3.63, 3.8) is 0 Å². The number of rotatable bonds is 5. The molecule has 6 nitrogen and oxygen atoms in total. The quantitative estimate of drug-likeness (QED) is 0.706. The highest BCUT2D eigenvalue weighted by molar-refractivity contribution is 5.91. The number of benzene rings is 2. The van der Waals surface area contributed by atoms with E-state index in [0.717, 1.165) is 4.57 Å². The van der Waals surface area contributed by atoms with E-state index < -0.39 is 23.1 Å². The SMILES string of the molecule is Cc1cc(=O)n(CC(=O)Nc2cc(F)ccc2C)c(Nc2cccc(F)c2)n1. The zero-order chi connectivity index (χ0) is 20.3. The Labute approximate surface area is 159 Å². The number of carbonyl (C=O) groups is 1. The van der Waals surface area contributed by atoms with Gasteiger partial charge in [-0.15, -0.1) is 0 Å². The number of aryl methyl sites for hydroxylation is 2. The number of hydrogen-bond donors (Lipinski definition) is 2. The Morgan fingerprint density at radius 3 is 2.57 bits per heavy atom. The van der Waals surface area contributed by atoms with Gasteiger partial charge >= 0.3 is 0 Å². The summed E-state index contributed by atoms with van der Waals surface area (Å²) in [7, 11) is 0. The van der Waals surface area contributed by atoms with Crippen LogP contribution in [-0.2, 0) is 11.3 Å². The van der Waals surface area contributed by atoms with Crippen LogP contribution in [0, 0.1) is 25.5 Å². The van der Waals surface area contributed by atoms with Gasteiger partial charge in [0, 0.05) is 23.1 Å². The average Bonchev–Trinajstić information content (AvgIpc) is 2.61. The van der Waals surface area contributed by atoms with Gasteiger partial charge in [0.1, 0.15) is 18.2 Å². The summed E-state index contributed by atoms with van der Waals surface area (Å²) in [5, 5.41) is 5.44. The Kier molecular flexibility index (Phi) is 5.49. The number of halogens is 2. The zero-order valence-corrected chi connectivity index (χ0v) is 15.3. The van der Waals surface area contributed by atoms with E-state index in [0.29, 0.717) is 22.6 Å². The highest BCUT2D eigenvalue weighted by Crippen LogP contribution is 2.17. The summed E-state index contributed by atoms with van der Waals surface area (Å²) in [5.41, 5.74) is 1.38. The lowest BCUT2D eigenvalue weighted by atomic mass is 10.2. The fraction of sp³-hybridized carbons (Fsp3) is 0.150. The van der Waals surface area contributed by atoms with E-state index in [1.807, 2.05) is 0 Å². The Morgan fingerprint density at radius 2 is 1.82 bits per heavy atom. The lowest BCUT2D eigenvalue weighted by Crippen LogP contribution is -2.30. The molecule has 0 spiro atoms. The first kappa shape index (κ1) is 19.2. The summed E-state index contributed by atoms with van der Waals surface area (Å²) < 4.78 is 28.0. The van der Waals surface area contributed by atoms with Crippen LogP contribution in [0.5, 0.6) is 0 Å². The average molecular weight is 384 g/mol. The Morgan fingerprint density at radius 1 is 1.07 bits per heavy atom. The van der Waals surface area contributed by atoms with E-state index >= 15 is 0 Å². The fourth-order valence-corrected chi connectivity index (χ4v) is 2.63. The van der Waals surface area contributed by atoms with Crippen LogP contribution in [0.25, 0.3) is 0 Å². The monoisotopic (exact) mass is 384 g/mol. The van der Waals surface area contributed by atoms with Gasteiger partial charge in [0.15, 0.2) is 0 Å². The molecule has 28 heavy (non-hydrogen) atoms. The van der Waals surface area contributed by atoms with Crippen LogP contribution < -0.4 is 16.2 Å². The van der Waals surface area contributed by atoms with Gasteiger partial charge in [-0.3, -0.25) is 14.2 Å². The van der Waals surface area contributed by atoms with E-state index in [9.17, 15) is 18.4 Å². The third kappa shape index (κ3) is 4.59. The van der Waals surface area contributed by atoms with Crippen molar-refractivity contribution in [3.8, 4) is 0 Å². The van der Waals surface area contributed by atoms with Crippen molar-refractivity contribution in [2.24, 2.45) is 0 Å². The minimum absolute atomic E-state index is 0.0988. The van der Waals surface area contributed by atoms with E-state index in [1.54, 1.807) is 26.0 Å². The largest absolute Gasteiger partial charge is 0.325 e. The molecule has 8 heteroatoms. The number of aromatic nitrogens is 2. The summed E-state index contributed by atoms with van der Waals surface area (Å²) in [6.45, 7) is 3.02. The van der Waals surface area contributed by atoms with Crippen molar-refractivity contribution in [2.75, 3.05) is 10.6 Å². The molecular formula is C20H18F2N4O2. The Bertz CT molecular complexity index is 1100. The standard InChI is InChI=1S/C20H18F2N4O2/c1-12-6-7-15(22)10-17(12)25-18(27)11-26-19(28)8-13(2)23-20(26)24-16-5-3-4-14(21)9-16/h3-10H,11H2,1-2H3,(H,23,24)(H,25,27). The van der Waals surface area contributed by atoms with E-state index in [-0.39, 0.29) is 12.5 Å². The Hall–Kier alpha value is -3.55. The molecule has 144 valence electrons. The molecule has 0 atom stereocenters. The molecule has 0 fully saturated rings. The lowest BCUT2D eigenvalue weighted by molar-refractivity contribution is -0.116. The second-order valence-corrected chi connectivity index (χ2v) is 6.29. The van der Waals surface area contributed by atoms with Gasteiger partial charge in [0.2, 0.25) is 11.9 Å². The number of nitrogens with zero attached hydrogens (tertiary/aromatic N) is 2.